The molecule has 1 aliphatic heterocycles. The predicted molar refractivity (Wildman–Crippen MR) is 66.2 cm³/mol. The highest BCUT2D eigenvalue weighted by atomic mass is 16.5. The molecule has 0 aromatic rings. The fraction of sp³-hybridized carbons (Fsp3) is 0.786. The molecule has 0 fully saturated rings. The molecular formula is C14H24O2. The van der Waals surface area contributed by atoms with Gasteiger partial charge in [0.25, 0.3) is 0 Å². The largest absolute Gasteiger partial charge is 0.462 e. The molecule has 92 valence electrons. The van der Waals surface area contributed by atoms with Crippen LogP contribution in [0.5, 0.6) is 0 Å². The van der Waals surface area contributed by atoms with Gasteiger partial charge in [-0.25, -0.2) is 0 Å². The van der Waals surface area contributed by atoms with Gasteiger partial charge in [-0.15, -0.1) is 0 Å². The number of hydrogen-bond acceptors (Lipinski definition) is 2. The number of esters is 1. The van der Waals surface area contributed by atoms with Crippen molar-refractivity contribution in [1.29, 1.82) is 0 Å². The first kappa shape index (κ1) is 13.3. The molecule has 16 heavy (non-hydrogen) atoms. The first-order valence-corrected chi connectivity index (χ1v) is 6.63. The van der Waals surface area contributed by atoms with Gasteiger partial charge < -0.3 is 4.74 Å². The molecule has 0 N–H and O–H groups in total. The number of cyclic esters (lactones) is 1. The summed E-state index contributed by atoms with van der Waals surface area (Å²) >= 11 is 0. The minimum atomic E-state index is -0.0297. The number of ether oxygens (including phenoxy) is 1. The zero-order valence-corrected chi connectivity index (χ0v) is 10.4. The smallest absolute Gasteiger partial charge is 0.306 e. The molecule has 0 aliphatic carbocycles. The summed E-state index contributed by atoms with van der Waals surface area (Å²) in [7, 11) is 0. The van der Waals surface area contributed by atoms with Crippen LogP contribution in [0.25, 0.3) is 0 Å². The molecular weight excluding hydrogens is 200 g/mol. The van der Waals surface area contributed by atoms with Crippen molar-refractivity contribution in [3.63, 3.8) is 0 Å². The lowest BCUT2D eigenvalue weighted by Crippen LogP contribution is -2.13. The van der Waals surface area contributed by atoms with E-state index in [-0.39, 0.29) is 12.1 Å². The van der Waals surface area contributed by atoms with E-state index in [4.69, 9.17) is 4.74 Å². The minimum Gasteiger partial charge on any atom is -0.462 e. The quantitative estimate of drug-likeness (QED) is 0.459. The van der Waals surface area contributed by atoms with Gasteiger partial charge in [0, 0.05) is 12.8 Å². The van der Waals surface area contributed by atoms with E-state index in [0.717, 1.165) is 12.8 Å². The van der Waals surface area contributed by atoms with Crippen molar-refractivity contribution in [2.24, 2.45) is 0 Å². The Morgan fingerprint density at radius 3 is 2.56 bits per heavy atom. The van der Waals surface area contributed by atoms with Gasteiger partial charge in [0.05, 0.1) is 0 Å². The highest BCUT2D eigenvalue weighted by molar-refractivity contribution is 5.69. The Kier molecular flexibility index (Phi) is 6.95. The fourth-order valence-electron chi connectivity index (χ4n) is 1.98. The molecule has 0 aromatic carbocycles. The van der Waals surface area contributed by atoms with Crippen molar-refractivity contribution in [2.75, 3.05) is 0 Å². The van der Waals surface area contributed by atoms with Crippen molar-refractivity contribution in [1.82, 2.24) is 0 Å². The van der Waals surface area contributed by atoms with Gasteiger partial charge in [0.15, 0.2) is 0 Å². The molecule has 0 aromatic heterocycles. The molecule has 0 unspecified atom stereocenters. The van der Waals surface area contributed by atoms with E-state index in [1.807, 2.05) is 6.92 Å². The van der Waals surface area contributed by atoms with Gasteiger partial charge in [-0.3, -0.25) is 4.79 Å². The van der Waals surface area contributed by atoms with Crippen LogP contribution in [0.4, 0.5) is 0 Å². The van der Waals surface area contributed by atoms with Crippen LogP contribution in [0.3, 0.4) is 0 Å². The molecule has 1 aliphatic rings. The number of carbonyl (C=O) groups is 1. The Labute approximate surface area is 99.1 Å². The van der Waals surface area contributed by atoms with Crippen LogP contribution in [-0.4, -0.2) is 12.1 Å². The van der Waals surface area contributed by atoms with E-state index in [0.29, 0.717) is 6.42 Å². The standard InChI is InChI=1S/C14H24O2/c1-13-11-9-7-5-3-2-4-6-8-10-12-14(15)16-13/h7,9,13H,2-6,8,10-12H2,1H3/b9-7+/t13-/m1/s1. The summed E-state index contributed by atoms with van der Waals surface area (Å²) in [6, 6.07) is 0. The van der Waals surface area contributed by atoms with E-state index in [1.54, 1.807) is 0 Å². The first-order valence-electron chi connectivity index (χ1n) is 6.63. The third kappa shape index (κ3) is 6.65. The summed E-state index contributed by atoms with van der Waals surface area (Å²) in [6.45, 7) is 1.97. The number of carbonyl (C=O) groups excluding carboxylic acids is 1. The Morgan fingerprint density at radius 2 is 1.75 bits per heavy atom. The Hall–Kier alpha value is -0.790. The van der Waals surface area contributed by atoms with E-state index >= 15 is 0 Å². The van der Waals surface area contributed by atoms with Gasteiger partial charge in [0.2, 0.25) is 0 Å². The summed E-state index contributed by atoms with van der Waals surface area (Å²) in [6.07, 6.45) is 14.3. The SMILES string of the molecule is C[C@@H]1C/C=C/CCCCCCCCC(=O)O1. The van der Waals surface area contributed by atoms with Crippen LogP contribution < -0.4 is 0 Å². The van der Waals surface area contributed by atoms with Gasteiger partial charge in [-0.1, -0.05) is 37.8 Å². The average Bonchev–Trinajstić information content (AvgIpc) is 2.25. The lowest BCUT2D eigenvalue weighted by molar-refractivity contribution is -0.148. The van der Waals surface area contributed by atoms with Crippen LogP contribution in [0.2, 0.25) is 0 Å². The highest BCUT2D eigenvalue weighted by Gasteiger charge is 2.07. The molecule has 1 atom stereocenters. The molecule has 0 saturated carbocycles. The maximum atomic E-state index is 11.4. The second kappa shape index (κ2) is 8.37. The van der Waals surface area contributed by atoms with Crippen molar-refractivity contribution in [2.45, 2.75) is 70.8 Å². The summed E-state index contributed by atoms with van der Waals surface area (Å²) in [4.78, 5) is 11.4. The maximum absolute atomic E-state index is 11.4. The zero-order chi connectivity index (χ0) is 11.6. The Bertz CT molecular complexity index is 221. The molecule has 0 radical (unpaired) electrons. The summed E-state index contributed by atoms with van der Waals surface area (Å²) in [5.74, 6) is -0.0297. The van der Waals surface area contributed by atoms with Crippen LogP contribution in [-0.2, 0) is 9.53 Å². The zero-order valence-electron chi connectivity index (χ0n) is 10.4. The third-order valence-electron chi connectivity index (χ3n) is 2.97. The third-order valence-corrected chi connectivity index (χ3v) is 2.97. The van der Waals surface area contributed by atoms with E-state index in [2.05, 4.69) is 12.2 Å². The first-order chi connectivity index (χ1) is 7.79. The van der Waals surface area contributed by atoms with E-state index in [1.165, 1.54) is 38.5 Å². The summed E-state index contributed by atoms with van der Waals surface area (Å²) < 4.78 is 5.30. The van der Waals surface area contributed by atoms with Crippen molar-refractivity contribution in [3.05, 3.63) is 12.2 Å². The highest BCUT2D eigenvalue weighted by Crippen LogP contribution is 2.11. The summed E-state index contributed by atoms with van der Waals surface area (Å²) in [5, 5.41) is 0. The lowest BCUT2D eigenvalue weighted by Gasteiger charge is -2.11. The molecule has 0 bridgehead atoms. The second-order valence-electron chi connectivity index (χ2n) is 4.67. The van der Waals surface area contributed by atoms with Crippen LogP contribution in [0.15, 0.2) is 12.2 Å². The van der Waals surface area contributed by atoms with Crippen molar-refractivity contribution < 1.29 is 9.53 Å². The lowest BCUT2D eigenvalue weighted by atomic mass is 10.1. The molecule has 0 spiro atoms. The van der Waals surface area contributed by atoms with Gasteiger partial charge >= 0.3 is 5.97 Å². The number of allylic oxidation sites excluding steroid dienone is 1. The van der Waals surface area contributed by atoms with Crippen molar-refractivity contribution in [3.8, 4) is 0 Å². The predicted octanol–water partition coefficient (Wildman–Crippen LogP) is 4.00. The minimum absolute atomic E-state index is 0.0297. The second-order valence-corrected chi connectivity index (χ2v) is 4.67. The fourth-order valence-corrected chi connectivity index (χ4v) is 1.98. The molecule has 1 heterocycles. The van der Waals surface area contributed by atoms with E-state index < -0.39 is 0 Å². The molecule has 2 nitrogen and oxygen atoms in total. The summed E-state index contributed by atoms with van der Waals surface area (Å²) in [5.41, 5.74) is 0. The average molecular weight is 224 g/mol. The van der Waals surface area contributed by atoms with Gasteiger partial charge in [0.1, 0.15) is 6.10 Å². The van der Waals surface area contributed by atoms with Gasteiger partial charge in [-0.2, -0.15) is 0 Å². The topological polar surface area (TPSA) is 26.3 Å². The van der Waals surface area contributed by atoms with Crippen molar-refractivity contribution >= 4 is 5.97 Å². The van der Waals surface area contributed by atoms with Gasteiger partial charge in [-0.05, 0) is 26.2 Å². The monoisotopic (exact) mass is 224 g/mol. The number of rotatable bonds is 0. The Balaban J connectivity index is 2.33. The molecule has 1 rings (SSSR count). The molecule has 2 heteroatoms. The van der Waals surface area contributed by atoms with Crippen LogP contribution in [0, 0.1) is 0 Å². The van der Waals surface area contributed by atoms with E-state index in [9.17, 15) is 4.79 Å². The Morgan fingerprint density at radius 1 is 1.06 bits per heavy atom. The normalized spacial score (nSPS) is 27.8. The molecule has 0 amide bonds. The number of hydrogen-bond donors (Lipinski definition) is 0. The molecule has 0 saturated heterocycles. The van der Waals surface area contributed by atoms with Crippen LogP contribution >= 0.6 is 0 Å². The maximum Gasteiger partial charge on any atom is 0.306 e. The van der Waals surface area contributed by atoms with Crippen LogP contribution in [0.1, 0.15) is 64.7 Å².